The molecular weight excluding hydrogens is 465 g/mol. The third-order valence-electron chi connectivity index (χ3n) is 5.84. The van der Waals surface area contributed by atoms with E-state index in [1.165, 1.54) is 6.26 Å². The van der Waals surface area contributed by atoms with Crippen LogP contribution in [-0.4, -0.2) is 44.6 Å². The maximum absolute atomic E-state index is 12.9. The number of furan rings is 1. The molecule has 2 N–H and O–H groups in total. The maximum atomic E-state index is 12.9. The minimum Gasteiger partial charge on any atom is -0.469 e. The number of aromatic amines is 1. The molecule has 0 unspecified atom stereocenters. The molecule has 8 nitrogen and oxygen atoms in total. The van der Waals surface area contributed by atoms with E-state index in [2.05, 4.69) is 15.4 Å². The van der Waals surface area contributed by atoms with Crippen molar-refractivity contribution in [3.05, 3.63) is 63.8 Å². The molecular formula is C23H21Cl2N5O3. The third-order valence-corrected chi connectivity index (χ3v) is 6.62. The zero-order valence-electron chi connectivity index (χ0n) is 17.8. The minimum atomic E-state index is -0.262. The highest BCUT2D eigenvalue weighted by molar-refractivity contribution is 6.45. The first-order valence-electron chi connectivity index (χ1n) is 10.5. The Kier molecular flexibility index (Phi) is 5.64. The van der Waals surface area contributed by atoms with Crippen molar-refractivity contribution in [2.75, 3.05) is 13.1 Å². The van der Waals surface area contributed by atoms with Gasteiger partial charge in [0.1, 0.15) is 5.76 Å². The van der Waals surface area contributed by atoms with Gasteiger partial charge in [0.05, 0.1) is 40.5 Å². The average Bonchev–Trinajstić information content (AvgIpc) is 3.54. The number of benzene rings is 1. The number of carbonyl (C=O) groups is 2. The van der Waals surface area contributed by atoms with E-state index in [0.717, 1.165) is 33.4 Å². The number of nitrogens with one attached hydrogen (secondary N) is 2. The summed E-state index contributed by atoms with van der Waals surface area (Å²) < 4.78 is 6.91. The van der Waals surface area contributed by atoms with E-state index in [1.807, 2.05) is 25.4 Å². The Labute approximate surface area is 199 Å². The maximum Gasteiger partial charge on any atom is 0.242 e. The van der Waals surface area contributed by atoms with Gasteiger partial charge in [0.25, 0.3) is 0 Å². The van der Waals surface area contributed by atoms with Crippen LogP contribution >= 0.6 is 23.2 Å². The van der Waals surface area contributed by atoms with Gasteiger partial charge in [0.2, 0.25) is 11.8 Å². The first-order valence-corrected chi connectivity index (χ1v) is 11.2. The summed E-state index contributed by atoms with van der Waals surface area (Å²) in [4.78, 5) is 30.1. The third kappa shape index (κ3) is 4.12. The van der Waals surface area contributed by atoms with Crippen LogP contribution in [0.2, 0.25) is 10.0 Å². The Hall–Kier alpha value is -3.23. The number of carbonyl (C=O) groups excluding carboxylic acids is 2. The molecule has 0 saturated heterocycles. The second-order valence-electron chi connectivity index (χ2n) is 8.02. The van der Waals surface area contributed by atoms with Gasteiger partial charge in [-0.15, -0.1) is 0 Å². The molecule has 33 heavy (non-hydrogen) atoms. The Morgan fingerprint density at radius 1 is 1.30 bits per heavy atom. The van der Waals surface area contributed by atoms with Crippen molar-refractivity contribution in [2.45, 2.75) is 19.4 Å². The Morgan fingerprint density at radius 2 is 2.15 bits per heavy atom. The number of fused-ring (bicyclic) bond motifs is 3. The predicted octanol–water partition coefficient (Wildman–Crippen LogP) is 3.71. The van der Waals surface area contributed by atoms with Crippen molar-refractivity contribution in [1.82, 2.24) is 25.0 Å². The fourth-order valence-corrected chi connectivity index (χ4v) is 4.63. The fourth-order valence-electron chi connectivity index (χ4n) is 4.23. The Morgan fingerprint density at radius 3 is 2.88 bits per heavy atom. The lowest BCUT2D eigenvalue weighted by Crippen LogP contribution is -2.42. The molecule has 1 aromatic carbocycles. The second kappa shape index (κ2) is 8.61. The molecule has 0 spiro atoms. The summed E-state index contributed by atoms with van der Waals surface area (Å²) in [5, 5.41) is 9.01. The normalized spacial score (nSPS) is 13.4. The van der Waals surface area contributed by atoms with Crippen LogP contribution in [0.1, 0.15) is 17.0 Å². The molecule has 3 aromatic heterocycles. The summed E-state index contributed by atoms with van der Waals surface area (Å²) in [6.07, 6.45) is 4.12. The molecule has 10 heteroatoms. The summed E-state index contributed by atoms with van der Waals surface area (Å²) in [7, 11) is 1.85. The average molecular weight is 486 g/mol. The highest BCUT2D eigenvalue weighted by Gasteiger charge is 2.27. The van der Waals surface area contributed by atoms with Crippen molar-refractivity contribution in [1.29, 1.82) is 0 Å². The molecule has 4 heterocycles. The zero-order valence-corrected chi connectivity index (χ0v) is 19.3. The number of rotatable bonds is 5. The van der Waals surface area contributed by atoms with Crippen LogP contribution < -0.4 is 5.32 Å². The zero-order chi connectivity index (χ0) is 23.1. The van der Waals surface area contributed by atoms with Gasteiger partial charge in [-0.25, -0.2) is 0 Å². The number of aromatic nitrogens is 3. The molecule has 0 aliphatic carbocycles. The summed E-state index contributed by atoms with van der Waals surface area (Å²) in [5.74, 6) is 0.142. The van der Waals surface area contributed by atoms with E-state index in [4.69, 9.17) is 27.6 Å². The number of halogens is 2. The van der Waals surface area contributed by atoms with Gasteiger partial charge in [-0.05, 0) is 24.3 Å². The lowest BCUT2D eigenvalue weighted by molar-refractivity contribution is -0.133. The van der Waals surface area contributed by atoms with Gasteiger partial charge in [0.15, 0.2) is 0 Å². The molecule has 0 fully saturated rings. The topological polar surface area (TPSA) is 96.2 Å². The monoisotopic (exact) mass is 485 g/mol. The highest BCUT2D eigenvalue weighted by atomic mass is 35.5. The van der Waals surface area contributed by atoms with Gasteiger partial charge in [0, 0.05) is 55.0 Å². The van der Waals surface area contributed by atoms with Crippen LogP contribution in [0.4, 0.5) is 0 Å². The summed E-state index contributed by atoms with van der Waals surface area (Å²) in [5.41, 5.74) is 4.40. The number of hydrogen-bond acceptors (Lipinski definition) is 4. The van der Waals surface area contributed by atoms with E-state index >= 15 is 0 Å². The molecule has 5 rings (SSSR count). The SMILES string of the molecule is Cn1ccc(-c2cc(Cl)c(Cl)c3[nH]c4c(c23)CN(C(=O)CNC(=O)Cc2ccco2)CC4)n1. The molecule has 0 bridgehead atoms. The molecule has 0 saturated carbocycles. The summed E-state index contributed by atoms with van der Waals surface area (Å²) >= 11 is 12.9. The number of amides is 2. The molecule has 1 aliphatic rings. The van der Waals surface area contributed by atoms with Crippen molar-refractivity contribution in [2.24, 2.45) is 7.05 Å². The van der Waals surface area contributed by atoms with E-state index in [9.17, 15) is 9.59 Å². The van der Waals surface area contributed by atoms with Crippen LogP contribution in [0.3, 0.4) is 0 Å². The van der Waals surface area contributed by atoms with E-state index in [-0.39, 0.29) is 24.8 Å². The largest absolute Gasteiger partial charge is 0.469 e. The summed E-state index contributed by atoms with van der Waals surface area (Å²) in [6, 6.07) is 7.18. The van der Waals surface area contributed by atoms with Gasteiger partial charge >= 0.3 is 0 Å². The fraction of sp³-hybridized carbons (Fsp3) is 0.261. The Bertz CT molecular complexity index is 1360. The Balaban J connectivity index is 1.39. The lowest BCUT2D eigenvalue weighted by Gasteiger charge is -2.27. The van der Waals surface area contributed by atoms with Crippen molar-refractivity contribution in [3.63, 3.8) is 0 Å². The van der Waals surface area contributed by atoms with E-state index in [0.29, 0.717) is 35.3 Å². The number of H-pyrrole nitrogens is 1. The minimum absolute atomic E-state index is 0.0725. The lowest BCUT2D eigenvalue weighted by atomic mass is 9.99. The number of aryl methyl sites for hydroxylation is 1. The molecule has 170 valence electrons. The molecule has 4 aromatic rings. The predicted molar refractivity (Wildman–Crippen MR) is 125 cm³/mol. The molecule has 0 radical (unpaired) electrons. The first-order chi connectivity index (χ1) is 15.9. The smallest absolute Gasteiger partial charge is 0.242 e. The molecule has 2 amide bonds. The van der Waals surface area contributed by atoms with Gasteiger partial charge in [-0.1, -0.05) is 23.2 Å². The quantitative estimate of drug-likeness (QED) is 0.450. The van der Waals surface area contributed by atoms with E-state index in [1.54, 1.807) is 21.7 Å². The second-order valence-corrected chi connectivity index (χ2v) is 8.81. The van der Waals surface area contributed by atoms with Gasteiger partial charge in [-0.2, -0.15) is 5.10 Å². The van der Waals surface area contributed by atoms with Crippen LogP contribution in [0.15, 0.2) is 41.1 Å². The van der Waals surface area contributed by atoms with Crippen LogP contribution in [0.25, 0.3) is 22.2 Å². The van der Waals surface area contributed by atoms with Crippen LogP contribution in [0, 0.1) is 0 Å². The highest BCUT2D eigenvalue weighted by Crippen LogP contribution is 2.41. The van der Waals surface area contributed by atoms with Crippen molar-refractivity contribution < 1.29 is 14.0 Å². The van der Waals surface area contributed by atoms with Crippen LogP contribution in [0.5, 0.6) is 0 Å². The van der Waals surface area contributed by atoms with Gasteiger partial charge < -0.3 is 19.6 Å². The van der Waals surface area contributed by atoms with E-state index < -0.39 is 0 Å². The molecule has 0 atom stereocenters. The van der Waals surface area contributed by atoms with Crippen molar-refractivity contribution in [3.8, 4) is 11.3 Å². The van der Waals surface area contributed by atoms with Gasteiger partial charge in [-0.3, -0.25) is 14.3 Å². The van der Waals surface area contributed by atoms with Crippen molar-refractivity contribution >= 4 is 45.9 Å². The standard InChI is InChI=1S/C23H21Cl2N5O3/c1-29-6-4-18(28-29)14-10-16(24)22(25)23-21(14)15-12-30(7-5-17(15)27-23)20(32)11-26-19(31)9-13-3-2-8-33-13/h2-4,6,8,10,27H,5,7,9,11-12H2,1H3,(H,26,31). The van der Waals surface area contributed by atoms with Crippen LogP contribution in [-0.2, 0) is 36.0 Å². The number of nitrogens with zero attached hydrogens (tertiary/aromatic N) is 3. The summed E-state index contributed by atoms with van der Waals surface area (Å²) in [6.45, 7) is 0.869. The molecule has 1 aliphatic heterocycles. The number of hydrogen-bond donors (Lipinski definition) is 2. The first kappa shape index (κ1) is 21.6.